The minimum absolute atomic E-state index is 0.0371. The van der Waals surface area contributed by atoms with Crippen molar-refractivity contribution in [3.63, 3.8) is 0 Å². The maximum atomic E-state index is 3.95. The lowest BCUT2D eigenvalue weighted by Crippen LogP contribution is -2.16. The van der Waals surface area contributed by atoms with Crippen LogP contribution in [0, 0.1) is 0 Å². The zero-order valence-corrected chi connectivity index (χ0v) is 39.0. The van der Waals surface area contributed by atoms with Gasteiger partial charge in [-0.2, -0.15) is 0 Å². The van der Waals surface area contributed by atoms with Crippen LogP contribution in [-0.4, -0.2) is 4.98 Å². The fourth-order valence-electron chi connectivity index (χ4n) is 11.0. The molecule has 11 rings (SSSR count). The van der Waals surface area contributed by atoms with Crippen LogP contribution < -0.4 is 4.90 Å². The van der Waals surface area contributed by atoms with Crippen molar-refractivity contribution in [2.75, 3.05) is 4.90 Å². The summed E-state index contributed by atoms with van der Waals surface area (Å²) < 4.78 is 0. The molecule has 1 N–H and O–H groups in total. The van der Waals surface area contributed by atoms with E-state index in [-0.39, 0.29) is 21.7 Å². The molecule has 0 saturated carbocycles. The van der Waals surface area contributed by atoms with Gasteiger partial charge < -0.3 is 9.88 Å². The molecule has 2 nitrogen and oxygen atoms in total. The first-order valence-corrected chi connectivity index (χ1v) is 23.1. The Morgan fingerprint density at radius 1 is 0.375 bits per heavy atom. The van der Waals surface area contributed by atoms with E-state index in [1.165, 1.54) is 99.7 Å². The molecule has 2 aliphatic rings. The monoisotopic (exact) mass is 830 g/mol. The molecule has 64 heavy (non-hydrogen) atoms. The Morgan fingerprint density at radius 2 is 0.891 bits per heavy atom. The molecule has 9 aromatic rings. The summed E-state index contributed by atoms with van der Waals surface area (Å²) in [5.74, 6) is 0. The van der Waals surface area contributed by atoms with Crippen molar-refractivity contribution in [2.24, 2.45) is 0 Å². The number of nitrogens with zero attached hydrogens (tertiary/aromatic N) is 1. The molecule has 0 radical (unpaired) electrons. The molecule has 1 heterocycles. The number of aromatic amines is 1. The molecular formula is C62H58N2. The number of rotatable bonds is 5. The van der Waals surface area contributed by atoms with Gasteiger partial charge in [0.25, 0.3) is 0 Å². The molecule has 0 saturated heterocycles. The van der Waals surface area contributed by atoms with Crippen LogP contribution in [0.4, 0.5) is 17.1 Å². The average molecular weight is 831 g/mol. The number of hydrogen-bond donors (Lipinski definition) is 1. The molecule has 0 fully saturated rings. The summed E-state index contributed by atoms with van der Waals surface area (Å²) in [5, 5.41) is 2.55. The Balaban J connectivity index is 1.20. The summed E-state index contributed by atoms with van der Waals surface area (Å²) in [6, 6.07) is 62.4. The van der Waals surface area contributed by atoms with E-state index in [0.717, 1.165) is 17.1 Å². The van der Waals surface area contributed by atoms with E-state index >= 15 is 0 Å². The fourth-order valence-corrected chi connectivity index (χ4v) is 11.0. The number of fused-ring (bicyclic) bond motifs is 9. The molecule has 0 atom stereocenters. The van der Waals surface area contributed by atoms with Crippen LogP contribution >= 0.6 is 0 Å². The lowest BCUT2D eigenvalue weighted by molar-refractivity contribution is 0.590. The van der Waals surface area contributed by atoms with Gasteiger partial charge in [-0.3, -0.25) is 0 Å². The number of H-pyrrole nitrogens is 1. The molecule has 316 valence electrons. The Bertz CT molecular complexity index is 3230. The standard InChI is InChI=1S/C62H58N2/c1-59(2,3)41-24-29-57-51(33-41)52-35-42(60(4,5)6)34-48(58(52)63-57)40-30-39(38-18-12-11-13-19-38)31-45(32-40)64(43-25-27-55-49(36-43)46-20-14-16-22-53(46)61(55,7)8)44-26-28-56-50(37-44)47-21-15-17-23-54(47)62(56,9)10/h11-37,63H,1-10H3. The van der Waals surface area contributed by atoms with Crippen molar-refractivity contribution in [3.8, 4) is 44.5 Å². The summed E-state index contributed by atoms with van der Waals surface area (Å²) in [6.45, 7) is 23.4. The lowest BCUT2D eigenvalue weighted by atomic mass is 9.82. The van der Waals surface area contributed by atoms with E-state index < -0.39 is 0 Å². The Kier molecular flexibility index (Phi) is 8.74. The van der Waals surface area contributed by atoms with Gasteiger partial charge in [0.05, 0.1) is 5.52 Å². The second kappa shape index (κ2) is 13.9. The second-order valence-electron chi connectivity index (χ2n) is 21.6. The normalized spacial score (nSPS) is 14.7. The highest BCUT2D eigenvalue weighted by Crippen LogP contribution is 2.54. The topological polar surface area (TPSA) is 19.0 Å². The fraction of sp³-hybridized carbons (Fsp3) is 0.226. The van der Waals surface area contributed by atoms with Gasteiger partial charge in [0.15, 0.2) is 0 Å². The molecule has 0 aliphatic heterocycles. The number of anilines is 3. The smallest absolute Gasteiger partial charge is 0.0544 e. The summed E-state index contributed by atoms with van der Waals surface area (Å²) in [6.07, 6.45) is 0. The van der Waals surface area contributed by atoms with Gasteiger partial charge in [0, 0.05) is 49.7 Å². The molecule has 0 unspecified atom stereocenters. The maximum Gasteiger partial charge on any atom is 0.0544 e. The van der Waals surface area contributed by atoms with E-state index in [1.807, 2.05) is 0 Å². The van der Waals surface area contributed by atoms with Crippen LogP contribution in [0.15, 0.2) is 164 Å². The zero-order valence-electron chi connectivity index (χ0n) is 39.0. The largest absolute Gasteiger partial charge is 0.354 e. The van der Waals surface area contributed by atoms with Crippen molar-refractivity contribution in [1.82, 2.24) is 4.98 Å². The van der Waals surface area contributed by atoms with Gasteiger partial charge >= 0.3 is 0 Å². The third kappa shape index (κ3) is 6.21. The van der Waals surface area contributed by atoms with Crippen LogP contribution in [0.25, 0.3) is 66.3 Å². The first-order chi connectivity index (χ1) is 30.5. The molecule has 2 aliphatic carbocycles. The number of hydrogen-bond acceptors (Lipinski definition) is 1. The van der Waals surface area contributed by atoms with E-state index in [2.05, 4.69) is 243 Å². The number of benzene rings is 8. The molecular weight excluding hydrogens is 773 g/mol. The Morgan fingerprint density at radius 3 is 1.47 bits per heavy atom. The molecule has 0 amide bonds. The molecule has 0 spiro atoms. The van der Waals surface area contributed by atoms with Crippen LogP contribution in [0.5, 0.6) is 0 Å². The number of nitrogens with one attached hydrogen (secondary N) is 1. The van der Waals surface area contributed by atoms with E-state index in [4.69, 9.17) is 0 Å². The van der Waals surface area contributed by atoms with Crippen molar-refractivity contribution in [2.45, 2.75) is 90.9 Å². The number of aromatic nitrogens is 1. The van der Waals surface area contributed by atoms with Crippen molar-refractivity contribution < 1.29 is 0 Å². The third-order valence-corrected chi connectivity index (χ3v) is 14.7. The first-order valence-electron chi connectivity index (χ1n) is 23.1. The minimum atomic E-state index is -0.0881. The quantitative estimate of drug-likeness (QED) is 0.183. The molecule has 2 heteroatoms. The Hall–Kier alpha value is -6.64. The van der Waals surface area contributed by atoms with Crippen molar-refractivity contribution in [1.29, 1.82) is 0 Å². The summed E-state index contributed by atoms with van der Waals surface area (Å²) >= 11 is 0. The van der Waals surface area contributed by atoms with Crippen LogP contribution in [0.2, 0.25) is 0 Å². The van der Waals surface area contributed by atoms with Gasteiger partial charge in [-0.05, 0) is 150 Å². The highest BCUT2D eigenvalue weighted by molar-refractivity contribution is 6.13. The summed E-state index contributed by atoms with van der Waals surface area (Å²) in [7, 11) is 0. The van der Waals surface area contributed by atoms with Crippen LogP contribution in [-0.2, 0) is 21.7 Å². The van der Waals surface area contributed by atoms with Gasteiger partial charge in [-0.1, -0.05) is 166 Å². The maximum absolute atomic E-state index is 3.95. The zero-order chi connectivity index (χ0) is 44.5. The molecule has 1 aromatic heterocycles. The predicted octanol–water partition coefficient (Wildman–Crippen LogP) is 17.3. The first kappa shape index (κ1) is 40.2. The van der Waals surface area contributed by atoms with Crippen molar-refractivity contribution in [3.05, 3.63) is 197 Å². The van der Waals surface area contributed by atoms with Gasteiger partial charge in [0.1, 0.15) is 0 Å². The van der Waals surface area contributed by atoms with E-state index in [0.29, 0.717) is 0 Å². The summed E-state index contributed by atoms with van der Waals surface area (Å²) in [4.78, 5) is 6.47. The highest BCUT2D eigenvalue weighted by Gasteiger charge is 2.37. The second-order valence-corrected chi connectivity index (χ2v) is 21.6. The molecule has 8 aromatic carbocycles. The average Bonchev–Trinajstić information content (AvgIpc) is 3.85. The van der Waals surface area contributed by atoms with E-state index in [9.17, 15) is 0 Å². The highest BCUT2D eigenvalue weighted by atomic mass is 15.1. The Labute approximate surface area is 379 Å². The lowest BCUT2D eigenvalue weighted by Gasteiger charge is -2.29. The SMILES string of the molecule is CC(C)(C)c1ccc2[nH]c3c(-c4cc(-c5ccccc5)cc(N(c5ccc6c(c5)-c5ccccc5C6(C)C)c5ccc6c(c5)-c5ccccc5C6(C)C)c4)cc(C(C)(C)C)cc3c2c1. The third-order valence-electron chi connectivity index (χ3n) is 14.7. The van der Waals surface area contributed by atoms with Gasteiger partial charge in [0.2, 0.25) is 0 Å². The van der Waals surface area contributed by atoms with Gasteiger partial charge in [-0.15, -0.1) is 0 Å². The predicted molar refractivity (Wildman–Crippen MR) is 274 cm³/mol. The van der Waals surface area contributed by atoms with E-state index in [1.54, 1.807) is 0 Å². The van der Waals surface area contributed by atoms with Crippen LogP contribution in [0.3, 0.4) is 0 Å². The molecule has 0 bridgehead atoms. The van der Waals surface area contributed by atoms with Gasteiger partial charge in [-0.25, -0.2) is 0 Å². The minimum Gasteiger partial charge on any atom is -0.354 e. The van der Waals surface area contributed by atoms with Crippen LogP contribution in [0.1, 0.15) is 103 Å². The van der Waals surface area contributed by atoms with Crippen molar-refractivity contribution >= 4 is 38.9 Å². The summed E-state index contributed by atoms with van der Waals surface area (Å²) in [5.41, 5.74) is 23.7.